The number of anilines is 1. The molecule has 10 heteroatoms. The van der Waals surface area contributed by atoms with Gasteiger partial charge >= 0.3 is 0 Å². The molecular formula is C13H15BrF2N4O3. The Bertz CT molecular complexity index is 642. The molecule has 1 saturated heterocycles. The molecule has 23 heavy (non-hydrogen) atoms. The summed E-state index contributed by atoms with van der Waals surface area (Å²) in [5, 5.41) is 18.9. The Kier molecular flexibility index (Phi) is 5.15. The highest BCUT2D eigenvalue weighted by Gasteiger charge is 2.42. The van der Waals surface area contributed by atoms with E-state index in [2.05, 4.69) is 31.9 Å². The lowest BCUT2D eigenvalue weighted by atomic mass is 10.0. The number of alkyl halides is 2. The smallest absolute Gasteiger partial charge is 0.294 e. The SMILES string of the molecule is CNC(=O)c1cc(Br)cc([N+](=O)[O-])c1N[C@H]1CNCCC1(F)F. The molecule has 126 valence electrons. The lowest BCUT2D eigenvalue weighted by molar-refractivity contribution is -0.384. The van der Waals surface area contributed by atoms with Crippen molar-refractivity contribution in [1.82, 2.24) is 10.6 Å². The molecule has 2 rings (SSSR count). The van der Waals surface area contributed by atoms with Crippen molar-refractivity contribution >= 4 is 33.2 Å². The normalized spacial score (nSPS) is 19.9. The molecule has 1 aliphatic rings. The first kappa shape index (κ1) is 17.5. The zero-order valence-corrected chi connectivity index (χ0v) is 13.7. The molecule has 1 aliphatic heterocycles. The second kappa shape index (κ2) is 6.75. The summed E-state index contributed by atoms with van der Waals surface area (Å²) < 4.78 is 28.3. The van der Waals surface area contributed by atoms with E-state index in [1.165, 1.54) is 19.2 Å². The summed E-state index contributed by atoms with van der Waals surface area (Å²) in [5.74, 6) is -3.64. The number of benzene rings is 1. The third-order valence-electron chi connectivity index (χ3n) is 3.56. The fraction of sp³-hybridized carbons (Fsp3) is 0.462. The first-order valence-corrected chi connectivity index (χ1v) is 7.60. The van der Waals surface area contributed by atoms with Gasteiger partial charge in [0.15, 0.2) is 0 Å². The van der Waals surface area contributed by atoms with E-state index in [1.54, 1.807) is 0 Å². The van der Waals surface area contributed by atoms with Gasteiger partial charge in [-0.1, -0.05) is 15.9 Å². The van der Waals surface area contributed by atoms with E-state index in [1.807, 2.05) is 0 Å². The molecule has 1 atom stereocenters. The van der Waals surface area contributed by atoms with Crippen LogP contribution in [-0.2, 0) is 0 Å². The number of carbonyl (C=O) groups excluding carboxylic acids is 1. The maximum absolute atomic E-state index is 14.0. The number of hydrogen-bond acceptors (Lipinski definition) is 5. The fourth-order valence-corrected chi connectivity index (χ4v) is 2.80. The van der Waals surface area contributed by atoms with Crippen LogP contribution in [0.25, 0.3) is 0 Å². The topological polar surface area (TPSA) is 96.3 Å². The van der Waals surface area contributed by atoms with Gasteiger partial charge in [-0.05, 0) is 6.07 Å². The van der Waals surface area contributed by atoms with Gasteiger partial charge in [0, 0.05) is 37.1 Å². The van der Waals surface area contributed by atoms with Gasteiger partial charge in [-0.15, -0.1) is 0 Å². The second-order valence-corrected chi connectivity index (χ2v) is 6.01. The third-order valence-corrected chi connectivity index (χ3v) is 4.02. The minimum Gasteiger partial charge on any atom is -0.369 e. The van der Waals surface area contributed by atoms with Gasteiger partial charge in [-0.2, -0.15) is 0 Å². The number of hydrogen-bond donors (Lipinski definition) is 3. The highest BCUT2D eigenvalue weighted by Crippen LogP contribution is 2.36. The molecule has 0 unspecified atom stereocenters. The van der Waals surface area contributed by atoms with Crippen molar-refractivity contribution in [3.8, 4) is 0 Å². The Morgan fingerprint density at radius 2 is 2.22 bits per heavy atom. The molecule has 0 spiro atoms. The molecule has 0 aliphatic carbocycles. The van der Waals surface area contributed by atoms with E-state index in [-0.39, 0.29) is 30.8 Å². The van der Waals surface area contributed by atoms with E-state index < -0.39 is 28.5 Å². The lowest BCUT2D eigenvalue weighted by Gasteiger charge is -2.33. The number of nitro benzene ring substituents is 1. The van der Waals surface area contributed by atoms with E-state index in [0.717, 1.165) is 0 Å². The van der Waals surface area contributed by atoms with Crippen molar-refractivity contribution in [3.05, 3.63) is 32.3 Å². The van der Waals surface area contributed by atoms with Crippen molar-refractivity contribution < 1.29 is 18.5 Å². The first-order valence-electron chi connectivity index (χ1n) is 6.81. The van der Waals surface area contributed by atoms with Gasteiger partial charge in [0.1, 0.15) is 11.7 Å². The van der Waals surface area contributed by atoms with E-state index in [4.69, 9.17) is 0 Å². The number of piperidine rings is 1. The van der Waals surface area contributed by atoms with Crippen LogP contribution >= 0.6 is 15.9 Å². The van der Waals surface area contributed by atoms with Crippen LogP contribution < -0.4 is 16.0 Å². The number of nitrogens with zero attached hydrogens (tertiary/aromatic N) is 1. The summed E-state index contributed by atoms with van der Waals surface area (Å²) in [6.45, 7) is 0.101. The number of amides is 1. The summed E-state index contributed by atoms with van der Waals surface area (Å²) in [7, 11) is 1.36. The minimum absolute atomic E-state index is 0.0621. The van der Waals surface area contributed by atoms with Crippen LogP contribution in [0.1, 0.15) is 16.8 Å². The zero-order valence-electron chi connectivity index (χ0n) is 12.2. The largest absolute Gasteiger partial charge is 0.369 e. The first-order chi connectivity index (χ1) is 10.8. The highest BCUT2D eigenvalue weighted by molar-refractivity contribution is 9.10. The number of halogens is 3. The van der Waals surface area contributed by atoms with Crippen LogP contribution in [0.3, 0.4) is 0 Å². The van der Waals surface area contributed by atoms with Crippen molar-refractivity contribution in [1.29, 1.82) is 0 Å². The fourth-order valence-electron chi connectivity index (χ4n) is 2.36. The Labute approximate surface area is 139 Å². The minimum atomic E-state index is -3.04. The van der Waals surface area contributed by atoms with Crippen LogP contribution in [0.15, 0.2) is 16.6 Å². The van der Waals surface area contributed by atoms with Crippen LogP contribution in [0.5, 0.6) is 0 Å². The number of nitrogens with one attached hydrogen (secondary N) is 3. The molecule has 1 aromatic rings. The lowest BCUT2D eigenvalue weighted by Crippen LogP contribution is -2.53. The molecule has 0 aromatic heterocycles. The third kappa shape index (κ3) is 3.75. The van der Waals surface area contributed by atoms with Gasteiger partial charge in [-0.25, -0.2) is 8.78 Å². The van der Waals surface area contributed by atoms with Crippen molar-refractivity contribution in [2.24, 2.45) is 0 Å². The molecule has 0 saturated carbocycles. The number of carbonyl (C=O) groups is 1. The Morgan fingerprint density at radius 3 is 2.78 bits per heavy atom. The molecular weight excluding hydrogens is 378 g/mol. The number of rotatable bonds is 4. The van der Waals surface area contributed by atoms with Crippen LogP contribution in [0, 0.1) is 10.1 Å². The molecule has 7 nitrogen and oxygen atoms in total. The monoisotopic (exact) mass is 392 g/mol. The molecule has 0 bridgehead atoms. The van der Waals surface area contributed by atoms with Crippen molar-refractivity contribution in [2.75, 3.05) is 25.5 Å². The van der Waals surface area contributed by atoms with Crippen LogP contribution in [0.4, 0.5) is 20.2 Å². The summed E-state index contributed by atoms with van der Waals surface area (Å²) in [6, 6.07) is 1.17. The average molecular weight is 393 g/mol. The molecule has 1 heterocycles. The van der Waals surface area contributed by atoms with Gasteiger partial charge < -0.3 is 16.0 Å². The summed E-state index contributed by atoms with van der Waals surface area (Å²) in [4.78, 5) is 22.5. The molecule has 3 N–H and O–H groups in total. The maximum atomic E-state index is 14.0. The van der Waals surface area contributed by atoms with Crippen LogP contribution in [-0.4, -0.2) is 42.9 Å². The predicted molar refractivity (Wildman–Crippen MR) is 84.0 cm³/mol. The van der Waals surface area contributed by atoms with Crippen molar-refractivity contribution in [3.63, 3.8) is 0 Å². The molecule has 1 fully saturated rings. The van der Waals surface area contributed by atoms with Gasteiger partial charge in [0.25, 0.3) is 17.5 Å². The second-order valence-electron chi connectivity index (χ2n) is 5.10. The highest BCUT2D eigenvalue weighted by atomic mass is 79.9. The van der Waals surface area contributed by atoms with Crippen LogP contribution in [0.2, 0.25) is 0 Å². The number of nitro groups is 1. The average Bonchev–Trinajstić information content (AvgIpc) is 2.49. The Morgan fingerprint density at radius 1 is 1.52 bits per heavy atom. The Hall–Kier alpha value is -1.81. The standard InChI is InChI=1S/C13H15BrF2N4O3/c1-17-12(21)8-4-7(14)5-9(20(22)23)11(8)19-10-6-18-3-2-13(10,15)16/h4-5,10,18-19H,2-3,6H2,1H3,(H,17,21)/t10-/m0/s1. The summed E-state index contributed by atoms with van der Waals surface area (Å²) >= 11 is 3.09. The van der Waals surface area contributed by atoms with Gasteiger partial charge in [0.05, 0.1) is 10.5 Å². The summed E-state index contributed by atoms with van der Waals surface area (Å²) in [5.41, 5.74) is -0.736. The maximum Gasteiger partial charge on any atom is 0.294 e. The van der Waals surface area contributed by atoms with Gasteiger partial charge in [-0.3, -0.25) is 14.9 Å². The van der Waals surface area contributed by atoms with Crippen molar-refractivity contribution in [2.45, 2.75) is 18.4 Å². The molecule has 1 amide bonds. The van der Waals surface area contributed by atoms with E-state index in [0.29, 0.717) is 4.47 Å². The molecule has 1 aromatic carbocycles. The van der Waals surface area contributed by atoms with E-state index >= 15 is 0 Å². The zero-order chi connectivity index (χ0) is 17.2. The Balaban J connectivity index is 2.50. The summed E-state index contributed by atoms with van der Waals surface area (Å²) in [6.07, 6.45) is -0.385. The van der Waals surface area contributed by atoms with E-state index in [9.17, 15) is 23.7 Å². The quantitative estimate of drug-likeness (QED) is 0.538. The molecule has 0 radical (unpaired) electrons. The predicted octanol–water partition coefficient (Wildman–Crippen LogP) is 2.13. The van der Waals surface area contributed by atoms with Gasteiger partial charge in [0.2, 0.25) is 0 Å².